The lowest BCUT2D eigenvalue weighted by Crippen LogP contribution is -2.48. The fraction of sp³-hybridized carbons (Fsp3) is 0.350. The van der Waals surface area contributed by atoms with E-state index in [4.69, 9.17) is 0 Å². The topological polar surface area (TPSA) is 53.7 Å². The molecule has 9 heteroatoms. The van der Waals surface area contributed by atoms with E-state index >= 15 is 0 Å². The highest BCUT2D eigenvalue weighted by atomic mass is 19.3. The van der Waals surface area contributed by atoms with Crippen molar-refractivity contribution in [3.8, 4) is 0 Å². The first kappa shape index (κ1) is 19.4. The molecule has 6 nitrogen and oxygen atoms in total. The van der Waals surface area contributed by atoms with Gasteiger partial charge in [-0.2, -0.15) is 5.10 Å². The second-order valence-corrected chi connectivity index (χ2v) is 7.12. The Morgan fingerprint density at radius 3 is 2.62 bits per heavy atom. The number of aryl methyl sites for hydroxylation is 1. The van der Waals surface area contributed by atoms with E-state index in [-0.39, 0.29) is 28.6 Å². The van der Waals surface area contributed by atoms with Gasteiger partial charge in [0.25, 0.3) is 12.3 Å². The molecular formula is C20H20F3N5O. The number of hydrogen-bond acceptors (Lipinski definition) is 4. The van der Waals surface area contributed by atoms with Gasteiger partial charge in [0, 0.05) is 38.4 Å². The van der Waals surface area contributed by atoms with Crippen molar-refractivity contribution in [2.45, 2.75) is 19.9 Å². The van der Waals surface area contributed by atoms with Crippen molar-refractivity contribution in [2.75, 3.05) is 26.2 Å². The molecule has 1 aromatic carbocycles. The molecule has 1 saturated heterocycles. The van der Waals surface area contributed by atoms with Crippen LogP contribution in [0.4, 0.5) is 13.2 Å². The number of piperazine rings is 1. The van der Waals surface area contributed by atoms with Crippen LogP contribution in [-0.4, -0.2) is 56.5 Å². The number of hydrogen-bond donors (Lipinski definition) is 0. The molecule has 0 radical (unpaired) electrons. The Kier molecular flexibility index (Phi) is 5.23. The van der Waals surface area contributed by atoms with Crippen molar-refractivity contribution in [1.29, 1.82) is 0 Å². The van der Waals surface area contributed by atoms with Crippen LogP contribution in [0.2, 0.25) is 0 Å². The average molecular weight is 403 g/mol. The standard InChI is InChI=1S/C20H20F3N5O/c1-13-9-17(18(22)23)28-19(25-13)16(11-24-28)20(29)27-7-5-26(6-8-27)12-14-3-2-4-15(21)10-14/h2-4,9-11,18H,5-8,12H2,1H3. The Hall–Kier alpha value is -2.94. The predicted octanol–water partition coefficient (Wildman–Crippen LogP) is 3.07. The summed E-state index contributed by atoms with van der Waals surface area (Å²) < 4.78 is 40.9. The van der Waals surface area contributed by atoms with Crippen LogP contribution in [0.3, 0.4) is 0 Å². The third kappa shape index (κ3) is 3.95. The number of fused-ring (bicyclic) bond motifs is 1. The van der Waals surface area contributed by atoms with Crippen molar-refractivity contribution >= 4 is 11.6 Å². The Morgan fingerprint density at radius 1 is 1.17 bits per heavy atom. The fourth-order valence-corrected chi connectivity index (χ4v) is 3.59. The minimum atomic E-state index is -2.71. The van der Waals surface area contributed by atoms with Crippen molar-refractivity contribution in [3.05, 3.63) is 64.9 Å². The van der Waals surface area contributed by atoms with Crippen molar-refractivity contribution in [3.63, 3.8) is 0 Å². The van der Waals surface area contributed by atoms with Crippen LogP contribution in [0, 0.1) is 12.7 Å². The molecule has 0 saturated carbocycles. The summed E-state index contributed by atoms with van der Waals surface area (Å²) in [7, 11) is 0. The molecule has 1 amide bonds. The summed E-state index contributed by atoms with van der Waals surface area (Å²) in [6.07, 6.45) is -1.41. The largest absolute Gasteiger partial charge is 0.336 e. The zero-order valence-corrected chi connectivity index (χ0v) is 15.9. The molecule has 0 aliphatic carbocycles. The number of carbonyl (C=O) groups is 1. The lowest BCUT2D eigenvalue weighted by molar-refractivity contribution is 0.0630. The molecule has 0 unspecified atom stereocenters. The maximum absolute atomic E-state index is 13.3. The van der Waals surface area contributed by atoms with Crippen molar-refractivity contribution < 1.29 is 18.0 Å². The van der Waals surface area contributed by atoms with Crippen LogP contribution in [-0.2, 0) is 6.54 Å². The molecule has 0 spiro atoms. The van der Waals surface area contributed by atoms with E-state index < -0.39 is 6.43 Å². The number of halogens is 3. The molecule has 2 aromatic heterocycles. The van der Waals surface area contributed by atoms with Gasteiger partial charge in [0.15, 0.2) is 5.65 Å². The van der Waals surface area contributed by atoms with E-state index in [1.165, 1.54) is 24.4 Å². The summed E-state index contributed by atoms with van der Waals surface area (Å²) in [4.78, 5) is 21.0. The molecule has 1 fully saturated rings. The third-order valence-corrected chi connectivity index (χ3v) is 5.04. The molecule has 0 atom stereocenters. The smallest absolute Gasteiger partial charge is 0.280 e. The molecule has 3 aromatic rings. The van der Waals surface area contributed by atoms with E-state index in [0.29, 0.717) is 38.4 Å². The molecule has 1 aliphatic heterocycles. The van der Waals surface area contributed by atoms with Gasteiger partial charge in [-0.3, -0.25) is 9.69 Å². The van der Waals surface area contributed by atoms with Gasteiger partial charge >= 0.3 is 0 Å². The third-order valence-electron chi connectivity index (χ3n) is 5.04. The van der Waals surface area contributed by atoms with Crippen LogP contribution in [0.1, 0.15) is 33.7 Å². The second kappa shape index (κ2) is 7.82. The number of aromatic nitrogens is 3. The molecule has 0 N–H and O–H groups in total. The number of rotatable bonds is 4. The Bertz CT molecular complexity index is 1040. The highest BCUT2D eigenvalue weighted by molar-refractivity contribution is 5.99. The number of carbonyl (C=O) groups excluding carboxylic acids is 1. The van der Waals surface area contributed by atoms with Gasteiger partial charge in [-0.25, -0.2) is 22.7 Å². The minimum Gasteiger partial charge on any atom is -0.336 e. The van der Waals surface area contributed by atoms with Gasteiger partial charge in [0.2, 0.25) is 0 Å². The quantitative estimate of drug-likeness (QED) is 0.672. The molecule has 1 aliphatic rings. The van der Waals surface area contributed by atoms with Gasteiger partial charge in [0.1, 0.15) is 17.1 Å². The number of nitrogens with zero attached hydrogens (tertiary/aromatic N) is 5. The van der Waals surface area contributed by atoms with E-state index in [9.17, 15) is 18.0 Å². The SMILES string of the molecule is Cc1cc(C(F)F)n2ncc(C(=O)N3CCN(Cc4cccc(F)c4)CC3)c2n1. The average Bonchev–Trinajstić information content (AvgIpc) is 3.11. The normalized spacial score (nSPS) is 15.4. The zero-order valence-electron chi connectivity index (χ0n) is 15.9. The summed E-state index contributed by atoms with van der Waals surface area (Å²) in [5.41, 5.74) is 1.36. The van der Waals surface area contributed by atoms with E-state index in [1.807, 2.05) is 6.07 Å². The first-order valence-electron chi connectivity index (χ1n) is 9.32. The van der Waals surface area contributed by atoms with Crippen LogP contribution < -0.4 is 0 Å². The molecule has 3 heterocycles. The first-order valence-corrected chi connectivity index (χ1v) is 9.32. The number of amides is 1. The van der Waals surface area contributed by atoms with Gasteiger partial charge < -0.3 is 4.90 Å². The van der Waals surface area contributed by atoms with Crippen LogP contribution >= 0.6 is 0 Å². The lowest BCUT2D eigenvalue weighted by Gasteiger charge is -2.34. The van der Waals surface area contributed by atoms with Crippen LogP contribution in [0.15, 0.2) is 36.5 Å². The van der Waals surface area contributed by atoms with E-state index in [1.54, 1.807) is 17.9 Å². The predicted molar refractivity (Wildman–Crippen MR) is 100 cm³/mol. The van der Waals surface area contributed by atoms with E-state index in [0.717, 1.165) is 10.1 Å². The second-order valence-electron chi connectivity index (χ2n) is 7.12. The summed E-state index contributed by atoms with van der Waals surface area (Å²) >= 11 is 0. The summed E-state index contributed by atoms with van der Waals surface area (Å²) in [5, 5.41) is 3.96. The summed E-state index contributed by atoms with van der Waals surface area (Å²) in [5.74, 6) is -0.543. The van der Waals surface area contributed by atoms with Gasteiger partial charge in [-0.15, -0.1) is 0 Å². The van der Waals surface area contributed by atoms with Gasteiger partial charge in [0.05, 0.1) is 6.20 Å². The molecule has 152 valence electrons. The highest BCUT2D eigenvalue weighted by Crippen LogP contribution is 2.22. The minimum absolute atomic E-state index is 0.146. The monoisotopic (exact) mass is 403 g/mol. The van der Waals surface area contributed by atoms with Crippen LogP contribution in [0.5, 0.6) is 0 Å². The van der Waals surface area contributed by atoms with E-state index in [2.05, 4.69) is 15.0 Å². The van der Waals surface area contributed by atoms with Crippen molar-refractivity contribution in [1.82, 2.24) is 24.4 Å². The molecular weight excluding hydrogens is 383 g/mol. The first-order chi connectivity index (χ1) is 13.9. The van der Waals surface area contributed by atoms with Crippen molar-refractivity contribution in [2.24, 2.45) is 0 Å². The summed E-state index contributed by atoms with van der Waals surface area (Å²) in [6.45, 7) is 4.46. The molecule has 4 rings (SSSR count). The Morgan fingerprint density at radius 2 is 1.93 bits per heavy atom. The van der Waals surface area contributed by atoms with Crippen LogP contribution in [0.25, 0.3) is 5.65 Å². The fourth-order valence-electron chi connectivity index (χ4n) is 3.59. The summed E-state index contributed by atoms with van der Waals surface area (Å²) in [6, 6.07) is 7.73. The number of benzene rings is 1. The Balaban J connectivity index is 1.47. The highest BCUT2D eigenvalue weighted by Gasteiger charge is 2.26. The Labute approximate surface area is 165 Å². The maximum Gasteiger partial charge on any atom is 0.280 e. The lowest BCUT2D eigenvalue weighted by atomic mass is 10.2. The van der Waals surface area contributed by atoms with Gasteiger partial charge in [-0.1, -0.05) is 12.1 Å². The maximum atomic E-state index is 13.3. The number of alkyl halides is 2. The molecule has 0 bridgehead atoms. The molecule has 29 heavy (non-hydrogen) atoms. The zero-order chi connectivity index (χ0) is 20.5. The van der Waals surface area contributed by atoms with Gasteiger partial charge in [-0.05, 0) is 30.7 Å².